The van der Waals surface area contributed by atoms with Crippen LogP contribution in [0.2, 0.25) is 0 Å². The summed E-state index contributed by atoms with van der Waals surface area (Å²) in [6.07, 6.45) is 4.68. The largest absolute Gasteiger partial charge is 0.497 e. The molecule has 0 aliphatic carbocycles. The summed E-state index contributed by atoms with van der Waals surface area (Å²) in [5.74, 6) is 1.58. The van der Waals surface area contributed by atoms with Gasteiger partial charge in [-0.2, -0.15) is 4.98 Å². The van der Waals surface area contributed by atoms with Crippen molar-refractivity contribution in [2.75, 3.05) is 18.1 Å². The van der Waals surface area contributed by atoms with Crippen LogP contribution in [-0.2, 0) is 10.0 Å². The minimum Gasteiger partial charge on any atom is -0.497 e. The lowest BCUT2D eigenvalue weighted by molar-refractivity contribution is 0.411. The van der Waals surface area contributed by atoms with Crippen molar-refractivity contribution >= 4 is 27.9 Å². The van der Waals surface area contributed by atoms with E-state index in [1.54, 1.807) is 37.5 Å². The van der Waals surface area contributed by atoms with Gasteiger partial charge in [-0.1, -0.05) is 17.3 Å². The molecule has 134 valence electrons. The van der Waals surface area contributed by atoms with Gasteiger partial charge in [0.2, 0.25) is 15.8 Å². The molecule has 0 aliphatic heterocycles. The summed E-state index contributed by atoms with van der Waals surface area (Å²) in [6.45, 7) is 0. The molecule has 8 heteroatoms. The second kappa shape index (κ2) is 7.40. The molecule has 26 heavy (non-hydrogen) atoms. The number of nitrogens with one attached hydrogen (secondary N) is 1. The van der Waals surface area contributed by atoms with Gasteiger partial charge in [-0.15, -0.1) is 0 Å². The molecule has 0 saturated carbocycles. The van der Waals surface area contributed by atoms with Crippen LogP contribution >= 0.6 is 0 Å². The Labute approximate surface area is 151 Å². The molecule has 0 radical (unpaired) electrons. The molecule has 0 atom stereocenters. The predicted octanol–water partition coefficient (Wildman–Crippen LogP) is 3.29. The van der Waals surface area contributed by atoms with E-state index in [2.05, 4.69) is 14.9 Å². The zero-order valence-electron chi connectivity index (χ0n) is 14.2. The van der Waals surface area contributed by atoms with Crippen LogP contribution in [0.25, 0.3) is 23.5 Å². The van der Waals surface area contributed by atoms with Gasteiger partial charge in [0, 0.05) is 17.3 Å². The number of sulfonamides is 1. The topological polar surface area (TPSA) is 94.3 Å². The highest BCUT2D eigenvalue weighted by atomic mass is 32.2. The van der Waals surface area contributed by atoms with Crippen molar-refractivity contribution in [3.05, 3.63) is 60.0 Å². The SMILES string of the molecule is COc1ccc(/C=C/c2nc(-c3ccc(NS(C)(=O)=O)cc3)no2)cc1. The minimum absolute atomic E-state index is 0.370. The van der Waals surface area contributed by atoms with Crippen molar-refractivity contribution in [3.8, 4) is 17.1 Å². The van der Waals surface area contributed by atoms with Crippen LogP contribution in [-0.4, -0.2) is 31.9 Å². The minimum atomic E-state index is -3.31. The van der Waals surface area contributed by atoms with Crippen LogP contribution in [0.4, 0.5) is 5.69 Å². The lowest BCUT2D eigenvalue weighted by Gasteiger charge is -2.03. The van der Waals surface area contributed by atoms with E-state index in [1.807, 2.05) is 30.3 Å². The molecule has 0 aliphatic rings. The maximum atomic E-state index is 11.2. The Morgan fingerprint density at radius 1 is 1.04 bits per heavy atom. The zero-order chi connectivity index (χ0) is 18.6. The number of anilines is 1. The molecule has 3 aromatic rings. The van der Waals surface area contributed by atoms with Gasteiger partial charge in [-0.3, -0.25) is 4.72 Å². The van der Waals surface area contributed by atoms with Gasteiger partial charge >= 0.3 is 0 Å². The summed E-state index contributed by atoms with van der Waals surface area (Å²) in [6, 6.07) is 14.3. The van der Waals surface area contributed by atoms with Crippen molar-refractivity contribution in [2.45, 2.75) is 0 Å². The van der Waals surface area contributed by atoms with E-state index in [4.69, 9.17) is 9.26 Å². The van der Waals surface area contributed by atoms with Crippen molar-refractivity contribution in [1.29, 1.82) is 0 Å². The van der Waals surface area contributed by atoms with Crippen molar-refractivity contribution in [1.82, 2.24) is 10.1 Å². The van der Waals surface area contributed by atoms with Gasteiger partial charge in [-0.25, -0.2) is 8.42 Å². The van der Waals surface area contributed by atoms with Gasteiger partial charge < -0.3 is 9.26 Å². The first-order chi connectivity index (χ1) is 12.4. The van der Waals surface area contributed by atoms with E-state index in [0.717, 1.165) is 23.1 Å². The molecule has 1 N–H and O–H groups in total. The van der Waals surface area contributed by atoms with Gasteiger partial charge in [0.15, 0.2) is 0 Å². The maximum absolute atomic E-state index is 11.2. The van der Waals surface area contributed by atoms with Crippen molar-refractivity contribution < 1.29 is 17.7 Å². The number of methoxy groups -OCH3 is 1. The molecule has 0 fully saturated rings. The monoisotopic (exact) mass is 371 g/mol. The number of ether oxygens (including phenoxy) is 1. The second-order valence-electron chi connectivity index (χ2n) is 5.51. The smallest absolute Gasteiger partial charge is 0.250 e. The Balaban J connectivity index is 1.71. The lowest BCUT2D eigenvalue weighted by atomic mass is 10.2. The fourth-order valence-corrected chi connectivity index (χ4v) is 2.77. The Hall–Kier alpha value is -3.13. The standard InChI is InChI=1S/C18H17N3O4S/c1-24-16-10-3-13(4-11-16)5-12-17-19-18(20-25-17)14-6-8-15(9-7-14)21-26(2,22)23/h3-12,21H,1-2H3/b12-5+. The molecule has 1 heterocycles. The molecule has 0 amide bonds. The molecule has 0 spiro atoms. The number of hydrogen-bond acceptors (Lipinski definition) is 6. The molecular weight excluding hydrogens is 354 g/mol. The molecule has 0 saturated heterocycles. The molecular formula is C18H17N3O4S. The van der Waals surface area contributed by atoms with Gasteiger partial charge in [0.05, 0.1) is 13.4 Å². The lowest BCUT2D eigenvalue weighted by Crippen LogP contribution is -2.09. The number of benzene rings is 2. The average Bonchev–Trinajstić information content (AvgIpc) is 3.09. The van der Waals surface area contributed by atoms with E-state index >= 15 is 0 Å². The molecule has 3 rings (SSSR count). The van der Waals surface area contributed by atoms with Gasteiger partial charge in [-0.05, 0) is 48.0 Å². The normalized spacial score (nSPS) is 11.6. The van der Waals surface area contributed by atoms with Crippen molar-refractivity contribution in [2.24, 2.45) is 0 Å². The highest BCUT2D eigenvalue weighted by Crippen LogP contribution is 2.20. The summed E-state index contributed by atoms with van der Waals surface area (Å²) < 4.78 is 35.2. The predicted molar refractivity (Wildman–Crippen MR) is 100 cm³/mol. The Kier molecular flexibility index (Phi) is 5.04. The molecule has 0 bridgehead atoms. The number of aromatic nitrogens is 2. The van der Waals surface area contributed by atoms with Gasteiger partial charge in [0.25, 0.3) is 5.89 Å². The fraction of sp³-hybridized carbons (Fsp3) is 0.111. The summed E-state index contributed by atoms with van der Waals surface area (Å²) in [4.78, 5) is 4.31. The van der Waals surface area contributed by atoms with E-state index < -0.39 is 10.0 Å². The summed E-state index contributed by atoms with van der Waals surface area (Å²) in [7, 11) is -1.69. The van der Waals surface area contributed by atoms with Crippen LogP contribution < -0.4 is 9.46 Å². The second-order valence-corrected chi connectivity index (χ2v) is 7.26. The number of nitrogens with zero attached hydrogens (tertiary/aromatic N) is 2. The Morgan fingerprint density at radius 2 is 1.73 bits per heavy atom. The molecule has 1 aromatic heterocycles. The van der Waals surface area contributed by atoms with Crippen LogP contribution in [0.5, 0.6) is 5.75 Å². The molecule has 2 aromatic carbocycles. The van der Waals surface area contributed by atoms with Crippen LogP contribution in [0.1, 0.15) is 11.5 Å². The van der Waals surface area contributed by atoms with E-state index in [9.17, 15) is 8.42 Å². The van der Waals surface area contributed by atoms with Gasteiger partial charge in [0.1, 0.15) is 5.75 Å². The first-order valence-corrected chi connectivity index (χ1v) is 9.56. The first kappa shape index (κ1) is 17.7. The average molecular weight is 371 g/mol. The highest BCUT2D eigenvalue weighted by Gasteiger charge is 2.08. The summed E-state index contributed by atoms with van der Waals surface area (Å²) in [5.41, 5.74) is 2.16. The van der Waals surface area contributed by atoms with Crippen LogP contribution in [0.15, 0.2) is 53.1 Å². The molecule has 0 unspecified atom stereocenters. The fourth-order valence-electron chi connectivity index (χ4n) is 2.20. The summed E-state index contributed by atoms with van der Waals surface area (Å²) in [5, 5.41) is 3.93. The maximum Gasteiger partial charge on any atom is 0.250 e. The third-order valence-electron chi connectivity index (χ3n) is 3.42. The Morgan fingerprint density at radius 3 is 2.35 bits per heavy atom. The van der Waals surface area contributed by atoms with E-state index in [-0.39, 0.29) is 0 Å². The van der Waals surface area contributed by atoms with Crippen molar-refractivity contribution in [3.63, 3.8) is 0 Å². The third-order valence-corrected chi connectivity index (χ3v) is 4.03. The third kappa shape index (κ3) is 4.70. The zero-order valence-corrected chi connectivity index (χ0v) is 15.0. The highest BCUT2D eigenvalue weighted by molar-refractivity contribution is 7.92. The van der Waals surface area contributed by atoms with E-state index in [0.29, 0.717) is 17.4 Å². The van der Waals surface area contributed by atoms with Crippen LogP contribution in [0, 0.1) is 0 Å². The molecule has 7 nitrogen and oxygen atoms in total. The number of hydrogen-bond donors (Lipinski definition) is 1. The Bertz CT molecular complexity index is 1010. The van der Waals surface area contributed by atoms with E-state index in [1.165, 1.54) is 0 Å². The number of rotatable bonds is 6. The first-order valence-electron chi connectivity index (χ1n) is 7.67. The summed E-state index contributed by atoms with van der Waals surface area (Å²) >= 11 is 0. The van der Waals surface area contributed by atoms with Crippen LogP contribution in [0.3, 0.4) is 0 Å². The quantitative estimate of drug-likeness (QED) is 0.714.